The molecule has 0 aromatic carbocycles. The Morgan fingerprint density at radius 3 is 2.80 bits per heavy atom. The third-order valence-corrected chi connectivity index (χ3v) is 8.30. The van der Waals surface area contributed by atoms with E-state index in [4.69, 9.17) is 21.2 Å². The third-order valence-electron chi connectivity index (χ3n) is 7.20. The number of carbonyl (C=O) groups is 1. The molecule has 9 nitrogen and oxygen atoms in total. The number of nitrogens with two attached hydrogens (primary N) is 2. The molecule has 1 aliphatic heterocycles. The minimum absolute atomic E-state index is 0.0213. The molecule has 3 unspecified atom stereocenters. The molecule has 0 radical (unpaired) electrons. The highest BCUT2D eigenvalue weighted by Crippen LogP contribution is 2.34. The van der Waals surface area contributed by atoms with Crippen molar-refractivity contribution in [2.24, 2.45) is 5.73 Å². The van der Waals surface area contributed by atoms with Gasteiger partial charge in [-0.3, -0.25) is 4.79 Å². The van der Waals surface area contributed by atoms with E-state index >= 15 is 0 Å². The second-order valence-electron chi connectivity index (χ2n) is 10.0. The average Bonchev–Trinajstić information content (AvgIpc) is 3.47. The molecular formula is C25H31N7O2S. The molecular weight excluding hydrogens is 462 g/mol. The van der Waals surface area contributed by atoms with Gasteiger partial charge in [-0.25, -0.2) is 15.0 Å². The van der Waals surface area contributed by atoms with Gasteiger partial charge >= 0.3 is 0 Å². The van der Waals surface area contributed by atoms with E-state index in [1.807, 2.05) is 13.8 Å². The average molecular weight is 494 g/mol. The van der Waals surface area contributed by atoms with E-state index in [0.717, 1.165) is 72.6 Å². The molecule has 3 aliphatic rings. The molecule has 35 heavy (non-hydrogen) atoms. The SMILES string of the molecule is Cc1nc(C)c2c(N)c(C(=O)NC3CCc4nc(N5CC(N)C(OC6CC6)C5)ccc4C3)sc2n1. The zero-order valence-electron chi connectivity index (χ0n) is 20.1. The molecule has 3 aromatic heterocycles. The second kappa shape index (κ2) is 8.69. The van der Waals surface area contributed by atoms with Gasteiger partial charge in [0, 0.05) is 24.8 Å². The number of pyridine rings is 1. The van der Waals surface area contributed by atoms with E-state index in [-0.39, 0.29) is 24.1 Å². The smallest absolute Gasteiger partial charge is 0.263 e. The first-order valence-electron chi connectivity index (χ1n) is 12.3. The molecule has 2 fully saturated rings. The van der Waals surface area contributed by atoms with E-state index < -0.39 is 0 Å². The summed E-state index contributed by atoms with van der Waals surface area (Å²) < 4.78 is 6.08. The Balaban J connectivity index is 1.13. The number of thiophene rings is 1. The number of nitrogens with one attached hydrogen (secondary N) is 1. The minimum atomic E-state index is -0.145. The molecule has 0 spiro atoms. The van der Waals surface area contributed by atoms with E-state index in [9.17, 15) is 4.79 Å². The van der Waals surface area contributed by atoms with Crippen LogP contribution in [0.1, 0.15) is 51.7 Å². The first kappa shape index (κ1) is 22.6. The number of hydrogen-bond acceptors (Lipinski definition) is 9. The molecule has 2 aliphatic carbocycles. The van der Waals surface area contributed by atoms with Gasteiger partial charge in [0.1, 0.15) is 21.3 Å². The van der Waals surface area contributed by atoms with E-state index in [2.05, 4.69) is 32.3 Å². The van der Waals surface area contributed by atoms with Crippen molar-refractivity contribution in [3.05, 3.63) is 39.8 Å². The maximum absolute atomic E-state index is 13.1. The molecule has 10 heteroatoms. The number of rotatable bonds is 5. The van der Waals surface area contributed by atoms with Crippen molar-refractivity contribution in [2.75, 3.05) is 23.7 Å². The quantitative estimate of drug-likeness (QED) is 0.493. The molecule has 1 saturated heterocycles. The van der Waals surface area contributed by atoms with Gasteiger partial charge in [0.2, 0.25) is 0 Å². The summed E-state index contributed by atoms with van der Waals surface area (Å²) in [6.07, 6.45) is 5.21. The van der Waals surface area contributed by atoms with Crippen LogP contribution in [0.3, 0.4) is 0 Å². The fraction of sp³-hybridized carbons (Fsp3) is 0.520. The van der Waals surface area contributed by atoms with Gasteiger partial charge in [0.05, 0.1) is 35.0 Å². The van der Waals surface area contributed by atoms with Crippen LogP contribution < -0.4 is 21.7 Å². The fourth-order valence-electron chi connectivity index (χ4n) is 5.23. The molecule has 0 bridgehead atoms. The molecule has 184 valence electrons. The predicted octanol–water partition coefficient (Wildman–Crippen LogP) is 2.27. The van der Waals surface area contributed by atoms with Crippen LogP contribution in [0.4, 0.5) is 11.5 Å². The molecule has 3 atom stereocenters. The zero-order chi connectivity index (χ0) is 24.3. The van der Waals surface area contributed by atoms with Crippen LogP contribution in [-0.2, 0) is 17.6 Å². The Morgan fingerprint density at radius 2 is 2.00 bits per heavy atom. The van der Waals surface area contributed by atoms with Gasteiger partial charge in [-0.05, 0) is 57.6 Å². The summed E-state index contributed by atoms with van der Waals surface area (Å²) in [7, 11) is 0. The maximum Gasteiger partial charge on any atom is 0.263 e. The topological polar surface area (TPSA) is 132 Å². The summed E-state index contributed by atoms with van der Waals surface area (Å²) in [5.41, 5.74) is 16.2. The number of carbonyl (C=O) groups excluding carboxylic acids is 1. The van der Waals surface area contributed by atoms with Gasteiger partial charge in [-0.2, -0.15) is 0 Å². The number of hydrogen-bond donors (Lipinski definition) is 3. The first-order valence-corrected chi connectivity index (χ1v) is 13.2. The number of nitrogens with zero attached hydrogens (tertiary/aromatic N) is 4. The highest BCUT2D eigenvalue weighted by molar-refractivity contribution is 7.21. The number of amides is 1. The molecule has 3 aromatic rings. The summed E-state index contributed by atoms with van der Waals surface area (Å²) in [6, 6.07) is 4.28. The minimum Gasteiger partial charge on any atom is -0.397 e. The maximum atomic E-state index is 13.1. The van der Waals surface area contributed by atoms with Crippen molar-refractivity contribution in [3.63, 3.8) is 0 Å². The van der Waals surface area contributed by atoms with Gasteiger partial charge in [0.15, 0.2) is 0 Å². The predicted molar refractivity (Wildman–Crippen MR) is 137 cm³/mol. The summed E-state index contributed by atoms with van der Waals surface area (Å²) in [5, 5.41) is 3.97. The van der Waals surface area contributed by atoms with Crippen LogP contribution in [0.2, 0.25) is 0 Å². The monoisotopic (exact) mass is 493 g/mol. The van der Waals surface area contributed by atoms with Crippen LogP contribution in [0.25, 0.3) is 10.2 Å². The largest absolute Gasteiger partial charge is 0.397 e. The van der Waals surface area contributed by atoms with Crippen molar-refractivity contribution in [2.45, 2.75) is 70.2 Å². The molecule has 1 saturated carbocycles. The zero-order valence-corrected chi connectivity index (χ0v) is 20.9. The Bertz CT molecular complexity index is 1300. The van der Waals surface area contributed by atoms with E-state index in [0.29, 0.717) is 22.5 Å². The standard InChI is InChI=1S/C25H31N7O2S/c1-12-21-22(27)23(35-25(21)29-13(2)28-12)24(33)30-15-4-7-18-14(9-15)3-8-20(31-18)32-10-17(26)19(11-32)34-16-5-6-16/h3,8,15-17,19H,4-7,9-11,26-27H2,1-2H3,(H,30,33). The van der Waals surface area contributed by atoms with Crippen LogP contribution in [0, 0.1) is 13.8 Å². The van der Waals surface area contributed by atoms with Crippen LogP contribution >= 0.6 is 11.3 Å². The summed E-state index contributed by atoms with van der Waals surface area (Å²) in [4.78, 5) is 30.4. The van der Waals surface area contributed by atoms with Crippen LogP contribution in [0.15, 0.2) is 12.1 Å². The van der Waals surface area contributed by atoms with Crippen molar-refractivity contribution in [1.29, 1.82) is 0 Å². The first-order chi connectivity index (χ1) is 16.9. The molecule has 5 N–H and O–H groups in total. The lowest BCUT2D eigenvalue weighted by Gasteiger charge is -2.26. The van der Waals surface area contributed by atoms with Crippen LogP contribution in [0.5, 0.6) is 0 Å². The van der Waals surface area contributed by atoms with Crippen molar-refractivity contribution >= 4 is 39.0 Å². The fourth-order valence-corrected chi connectivity index (χ4v) is 6.32. The summed E-state index contributed by atoms with van der Waals surface area (Å²) in [5.74, 6) is 1.50. The number of nitrogen functional groups attached to an aromatic ring is 1. The lowest BCUT2D eigenvalue weighted by atomic mass is 9.91. The Kier molecular flexibility index (Phi) is 5.62. The lowest BCUT2D eigenvalue weighted by molar-refractivity contribution is 0.0449. The molecule has 4 heterocycles. The van der Waals surface area contributed by atoms with Crippen molar-refractivity contribution < 1.29 is 9.53 Å². The Morgan fingerprint density at radius 1 is 1.17 bits per heavy atom. The van der Waals surface area contributed by atoms with Gasteiger partial charge in [0.25, 0.3) is 5.91 Å². The van der Waals surface area contributed by atoms with Gasteiger partial charge < -0.3 is 26.4 Å². The summed E-state index contributed by atoms with van der Waals surface area (Å²) >= 11 is 1.33. The normalized spacial score (nSPS) is 24.1. The molecule has 6 rings (SSSR count). The van der Waals surface area contributed by atoms with Crippen molar-refractivity contribution in [1.82, 2.24) is 20.3 Å². The van der Waals surface area contributed by atoms with Gasteiger partial charge in [-0.1, -0.05) is 6.07 Å². The second-order valence-corrected chi connectivity index (χ2v) is 11.0. The summed E-state index contributed by atoms with van der Waals surface area (Å²) in [6.45, 7) is 5.31. The molecule has 1 amide bonds. The van der Waals surface area contributed by atoms with Crippen molar-refractivity contribution in [3.8, 4) is 0 Å². The Labute approximate surface area is 208 Å². The lowest BCUT2D eigenvalue weighted by Crippen LogP contribution is -2.39. The number of aromatic nitrogens is 3. The van der Waals surface area contributed by atoms with Crippen LogP contribution in [-0.4, -0.2) is 58.2 Å². The number of ether oxygens (including phenoxy) is 1. The highest BCUT2D eigenvalue weighted by Gasteiger charge is 2.36. The number of anilines is 2. The van der Waals surface area contributed by atoms with E-state index in [1.165, 1.54) is 16.9 Å². The van der Waals surface area contributed by atoms with Gasteiger partial charge in [-0.15, -0.1) is 11.3 Å². The number of fused-ring (bicyclic) bond motifs is 2. The Hall–Kier alpha value is -2.82. The third kappa shape index (κ3) is 4.34. The highest BCUT2D eigenvalue weighted by atomic mass is 32.1. The van der Waals surface area contributed by atoms with E-state index in [1.54, 1.807) is 0 Å². The number of aryl methyl sites for hydroxylation is 3.